The number of para-hydroxylation sites is 1. The summed E-state index contributed by atoms with van der Waals surface area (Å²) >= 11 is 0.901. The summed E-state index contributed by atoms with van der Waals surface area (Å²) in [4.78, 5) is 25.6. The molecule has 1 atom stereocenters. The van der Waals surface area contributed by atoms with Gasteiger partial charge in [-0.05, 0) is 30.1 Å². The van der Waals surface area contributed by atoms with Crippen LogP contribution in [0, 0.1) is 11.3 Å². The van der Waals surface area contributed by atoms with Gasteiger partial charge >= 0.3 is 6.18 Å². The van der Waals surface area contributed by atoms with Gasteiger partial charge in [-0.1, -0.05) is 12.1 Å². The first kappa shape index (κ1) is 19.0. The van der Waals surface area contributed by atoms with E-state index in [4.69, 9.17) is 0 Å². The maximum atomic E-state index is 13.2. The van der Waals surface area contributed by atoms with Crippen LogP contribution in [-0.2, 0) is 11.0 Å². The number of nitrogens with one attached hydrogen (secondary N) is 1. The molecule has 142 valence electrons. The van der Waals surface area contributed by atoms with Gasteiger partial charge in [0.25, 0.3) is 5.56 Å². The molecular weight excluding hydrogens is 381 g/mol. The molecule has 1 aromatic carbocycles. The van der Waals surface area contributed by atoms with Crippen molar-refractivity contribution < 1.29 is 18.0 Å². The molecule has 0 bridgehead atoms. The van der Waals surface area contributed by atoms with Crippen LogP contribution in [0.2, 0.25) is 0 Å². The van der Waals surface area contributed by atoms with Gasteiger partial charge < -0.3 is 10.2 Å². The highest BCUT2D eigenvalue weighted by atomic mass is 32.1. The third-order valence-electron chi connectivity index (χ3n) is 4.36. The van der Waals surface area contributed by atoms with Crippen LogP contribution in [0.5, 0.6) is 0 Å². The molecule has 1 aliphatic rings. The zero-order valence-corrected chi connectivity index (χ0v) is 15.0. The Kier molecular flexibility index (Phi) is 4.97. The molecule has 1 aromatic heterocycles. The Hall–Kier alpha value is -2.80. The van der Waals surface area contributed by atoms with Crippen LogP contribution in [0.15, 0.2) is 29.1 Å². The molecule has 1 aliphatic heterocycles. The molecule has 0 saturated carbocycles. The van der Waals surface area contributed by atoms with Crippen LogP contribution in [0.4, 0.5) is 23.9 Å². The first-order chi connectivity index (χ1) is 12.7. The van der Waals surface area contributed by atoms with Crippen LogP contribution in [-0.4, -0.2) is 27.9 Å². The van der Waals surface area contributed by atoms with Gasteiger partial charge in [0.1, 0.15) is 11.1 Å². The molecule has 1 N–H and O–H groups in total. The minimum Gasteiger partial charge on any atom is -0.344 e. The fourth-order valence-electron chi connectivity index (χ4n) is 3.00. The maximum Gasteiger partial charge on any atom is 0.418 e. The largest absolute Gasteiger partial charge is 0.418 e. The standard InChI is InChI=1S/C17H15F3N4O2S/c1-10(25)23-7-6-11(9-23)24-16(26)12(8-21)15(27-24)22-14-5-3-2-4-13(14)17(18,19)20/h2-5,11,22H,6-7,9H2,1H3/t11-/m0/s1. The van der Waals surface area contributed by atoms with E-state index in [2.05, 4.69) is 5.32 Å². The number of nitriles is 1. The Morgan fingerprint density at radius 3 is 2.67 bits per heavy atom. The summed E-state index contributed by atoms with van der Waals surface area (Å²) in [7, 11) is 0. The molecule has 1 saturated heterocycles. The number of nitrogens with zero attached hydrogens (tertiary/aromatic N) is 3. The molecule has 6 nitrogen and oxygen atoms in total. The van der Waals surface area contributed by atoms with E-state index < -0.39 is 17.3 Å². The normalized spacial score (nSPS) is 17.0. The maximum absolute atomic E-state index is 13.2. The smallest absolute Gasteiger partial charge is 0.344 e. The molecule has 0 aliphatic carbocycles. The lowest BCUT2D eigenvalue weighted by Gasteiger charge is -2.14. The van der Waals surface area contributed by atoms with Crippen LogP contribution in [0.25, 0.3) is 0 Å². The van der Waals surface area contributed by atoms with Crippen LogP contribution in [0.3, 0.4) is 0 Å². The highest BCUT2D eigenvalue weighted by Gasteiger charge is 2.34. The fraction of sp³-hybridized carbons (Fsp3) is 0.353. The number of likely N-dealkylation sites (tertiary alicyclic amines) is 1. The number of benzene rings is 1. The van der Waals surface area contributed by atoms with E-state index in [0.717, 1.165) is 17.6 Å². The van der Waals surface area contributed by atoms with Crippen molar-refractivity contribution in [3.05, 3.63) is 45.7 Å². The zero-order valence-electron chi connectivity index (χ0n) is 14.2. The molecule has 2 aromatic rings. The minimum absolute atomic E-state index is 0.0560. The Labute approximate surface area is 156 Å². The summed E-state index contributed by atoms with van der Waals surface area (Å²) in [6, 6.07) is 6.34. The molecule has 2 heterocycles. The van der Waals surface area contributed by atoms with E-state index >= 15 is 0 Å². The first-order valence-corrected chi connectivity index (χ1v) is 8.84. The quantitative estimate of drug-likeness (QED) is 0.863. The molecule has 0 radical (unpaired) electrons. The lowest BCUT2D eigenvalue weighted by Crippen LogP contribution is -2.28. The lowest BCUT2D eigenvalue weighted by molar-refractivity contribution is -0.137. The van der Waals surface area contributed by atoms with Gasteiger partial charge in [0, 0.05) is 20.0 Å². The number of rotatable bonds is 3. The number of anilines is 2. The number of amides is 1. The summed E-state index contributed by atoms with van der Waals surface area (Å²) in [5, 5.41) is 12.0. The van der Waals surface area contributed by atoms with Crippen molar-refractivity contribution >= 4 is 28.1 Å². The second-order valence-electron chi connectivity index (χ2n) is 6.11. The average molecular weight is 396 g/mol. The summed E-state index contributed by atoms with van der Waals surface area (Å²) in [5.74, 6) is -0.111. The molecule has 0 unspecified atom stereocenters. The molecule has 10 heteroatoms. The third kappa shape index (κ3) is 3.68. The molecule has 1 fully saturated rings. The van der Waals surface area contributed by atoms with E-state index in [0.29, 0.717) is 19.5 Å². The topological polar surface area (TPSA) is 78.1 Å². The average Bonchev–Trinajstić information content (AvgIpc) is 3.19. The number of aromatic nitrogens is 1. The van der Waals surface area contributed by atoms with Crippen molar-refractivity contribution in [2.24, 2.45) is 0 Å². The Morgan fingerprint density at radius 2 is 2.07 bits per heavy atom. The highest BCUT2D eigenvalue weighted by Crippen LogP contribution is 2.37. The predicted octanol–water partition coefficient (Wildman–Crippen LogP) is 3.34. The van der Waals surface area contributed by atoms with Crippen LogP contribution >= 0.6 is 11.5 Å². The van der Waals surface area contributed by atoms with Crippen molar-refractivity contribution in [2.75, 3.05) is 18.4 Å². The monoisotopic (exact) mass is 396 g/mol. The van der Waals surface area contributed by atoms with Crippen molar-refractivity contribution in [2.45, 2.75) is 25.6 Å². The lowest BCUT2D eigenvalue weighted by atomic mass is 10.1. The molecule has 1 amide bonds. The van der Waals surface area contributed by atoms with E-state index in [1.807, 2.05) is 0 Å². The number of hydrogen-bond acceptors (Lipinski definition) is 5. The van der Waals surface area contributed by atoms with Gasteiger partial charge in [0.15, 0.2) is 5.56 Å². The summed E-state index contributed by atoms with van der Waals surface area (Å²) in [5.41, 5.74) is -1.92. The van der Waals surface area contributed by atoms with E-state index in [1.165, 1.54) is 29.1 Å². The second kappa shape index (κ2) is 7.08. The SMILES string of the molecule is CC(=O)N1CC[C@H](n2sc(Nc3ccccc3C(F)(F)F)c(C#N)c2=O)C1. The van der Waals surface area contributed by atoms with E-state index in [-0.39, 0.29) is 28.2 Å². The number of alkyl halides is 3. The molecule has 3 rings (SSSR count). The summed E-state index contributed by atoms with van der Waals surface area (Å²) in [6.45, 7) is 2.26. The van der Waals surface area contributed by atoms with Gasteiger partial charge in [-0.2, -0.15) is 18.4 Å². The van der Waals surface area contributed by atoms with Gasteiger partial charge in [-0.15, -0.1) is 0 Å². The fourth-order valence-corrected chi connectivity index (χ4v) is 4.07. The molecule has 27 heavy (non-hydrogen) atoms. The van der Waals surface area contributed by atoms with E-state index in [9.17, 15) is 28.0 Å². The van der Waals surface area contributed by atoms with E-state index in [1.54, 1.807) is 11.0 Å². The predicted molar refractivity (Wildman–Crippen MR) is 93.9 cm³/mol. The van der Waals surface area contributed by atoms with Crippen LogP contribution < -0.4 is 10.9 Å². The molecule has 0 spiro atoms. The van der Waals surface area contributed by atoms with Gasteiger partial charge in [-0.25, -0.2) is 0 Å². The van der Waals surface area contributed by atoms with Crippen molar-refractivity contribution in [3.63, 3.8) is 0 Å². The third-order valence-corrected chi connectivity index (χ3v) is 5.51. The highest BCUT2D eigenvalue weighted by molar-refractivity contribution is 7.11. The van der Waals surface area contributed by atoms with Gasteiger partial charge in [0.2, 0.25) is 5.91 Å². The van der Waals surface area contributed by atoms with Crippen molar-refractivity contribution in [1.82, 2.24) is 8.86 Å². The van der Waals surface area contributed by atoms with Gasteiger partial charge in [0.05, 0.1) is 17.3 Å². The summed E-state index contributed by atoms with van der Waals surface area (Å²) < 4.78 is 40.9. The van der Waals surface area contributed by atoms with Crippen molar-refractivity contribution in [1.29, 1.82) is 5.26 Å². The minimum atomic E-state index is -4.57. The number of carbonyl (C=O) groups excluding carboxylic acids is 1. The number of carbonyl (C=O) groups is 1. The zero-order chi connectivity index (χ0) is 19.8. The Bertz CT molecular complexity index is 974. The Balaban J connectivity index is 1.96. The first-order valence-electron chi connectivity index (χ1n) is 8.07. The Morgan fingerprint density at radius 1 is 1.37 bits per heavy atom. The van der Waals surface area contributed by atoms with Crippen molar-refractivity contribution in [3.8, 4) is 6.07 Å². The number of hydrogen-bond donors (Lipinski definition) is 1. The van der Waals surface area contributed by atoms with Crippen LogP contribution in [0.1, 0.15) is 30.5 Å². The summed E-state index contributed by atoms with van der Waals surface area (Å²) in [6.07, 6.45) is -4.03. The second-order valence-corrected chi connectivity index (χ2v) is 7.10. The van der Waals surface area contributed by atoms with Gasteiger partial charge in [-0.3, -0.25) is 13.5 Å². The molecular formula is C17H15F3N4O2S. The number of halogens is 3.